The van der Waals surface area contributed by atoms with E-state index in [0.717, 1.165) is 42.9 Å². The maximum absolute atomic E-state index is 10.5. The Labute approximate surface area is 145 Å². The molecule has 1 fully saturated rings. The van der Waals surface area contributed by atoms with Crippen molar-refractivity contribution >= 4 is 22.7 Å². The van der Waals surface area contributed by atoms with Crippen molar-refractivity contribution in [1.29, 1.82) is 0 Å². The lowest BCUT2D eigenvalue weighted by Crippen LogP contribution is -2.34. The van der Waals surface area contributed by atoms with E-state index in [0.29, 0.717) is 5.92 Å². The maximum atomic E-state index is 10.5. The minimum absolute atomic E-state index is 0.0920. The fourth-order valence-corrected chi connectivity index (χ4v) is 4.67. The lowest BCUT2D eigenvalue weighted by atomic mass is 9.90. The lowest BCUT2D eigenvalue weighted by molar-refractivity contribution is 0.0594. The Balaban J connectivity index is 1.50. The summed E-state index contributed by atoms with van der Waals surface area (Å²) in [6.45, 7) is 2.92. The number of likely N-dealkylation sites (tertiary alicyclic amines) is 1. The number of rotatable bonds is 4. The molecule has 1 unspecified atom stereocenters. The highest BCUT2D eigenvalue weighted by atomic mass is 32.1. The smallest absolute Gasteiger partial charge is 0.104 e. The van der Waals surface area contributed by atoms with Gasteiger partial charge in [-0.05, 0) is 49.4 Å². The summed E-state index contributed by atoms with van der Waals surface area (Å²) >= 11 is 3.37. The molecule has 0 spiro atoms. The molecule has 1 saturated heterocycles. The Kier molecular flexibility index (Phi) is 5.87. The molecular formula is C18H21NO2S2. The Hall–Kier alpha value is -1.16. The Morgan fingerprint density at radius 1 is 1.30 bits per heavy atom. The predicted molar refractivity (Wildman–Crippen MR) is 95.6 cm³/mol. The van der Waals surface area contributed by atoms with Crippen molar-refractivity contribution in [2.75, 3.05) is 19.7 Å². The molecule has 122 valence electrons. The van der Waals surface area contributed by atoms with E-state index in [-0.39, 0.29) is 12.7 Å². The average Bonchev–Trinajstić information content (AvgIpc) is 3.25. The van der Waals surface area contributed by atoms with E-state index in [9.17, 15) is 5.11 Å². The molecule has 0 aliphatic carbocycles. The van der Waals surface area contributed by atoms with Crippen LogP contribution in [-0.4, -0.2) is 34.8 Å². The zero-order valence-corrected chi connectivity index (χ0v) is 14.6. The normalized spacial score (nSPS) is 17.7. The summed E-state index contributed by atoms with van der Waals surface area (Å²) in [4.78, 5) is 4.85. The summed E-state index contributed by atoms with van der Waals surface area (Å²) in [5.41, 5.74) is 0.988. The lowest BCUT2D eigenvalue weighted by Gasteiger charge is -2.33. The number of thiophene rings is 2. The molecule has 3 nitrogen and oxygen atoms in total. The summed E-state index contributed by atoms with van der Waals surface area (Å²) in [5, 5.41) is 23.3. The number of aliphatic hydroxyl groups excluding tert-OH is 2. The van der Waals surface area contributed by atoms with Crippen LogP contribution < -0.4 is 0 Å². The topological polar surface area (TPSA) is 43.7 Å². The quantitative estimate of drug-likeness (QED) is 0.836. The van der Waals surface area contributed by atoms with Crippen LogP contribution in [0.5, 0.6) is 0 Å². The second kappa shape index (κ2) is 8.09. The van der Waals surface area contributed by atoms with Gasteiger partial charge in [-0.25, -0.2) is 0 Å². The summed E-state index contributed by atoms with van der Waals surface area (Å²) in [6.07, 6.45) is 1.78. The highest BCUT2D eigenvalue weighted by molar-refractivity contribution is 7.10. The first-order valence-corrected chi connectivity index (χ1v) is 9.63. The predicted octanol–water partition coefficient (Wildman–Crippen LogP) is 3.10. The highest BCUT2D eigenvalue weighted by Gasteiger charge is 2.26. The fraction of sp³-hybridized carbons (Fsp3) is 0.444. The van der Waals surface area contributed by atoms with Gasteiger partial charge in [0.25, 0.3) is 0 Å². The van der Waals surface area contributed by atoms with E-state index in [1.54, 1.807) is 22.7 Å². The van der Waals surface area contributed by atoms with Gasteiger partial charge in [-0.2, -0.15) is 0 Å². The van der Waals surface area contributed by atoms with Crippen LogP contribution in [0, 0.1) is 17.8 Å². The first kappa shape index (κ1) is 16.7. The van der Waals surface area contributed by atoms with Gasteiger partial charge in [0.1, 0.15) is 6.61 Å². The van der Waals surface area contributed by atoms with Crippen LogP contribution in [0.3, 0.4) is 0 Å². The van der Waals surface area contributed by atoms with Crippen LogP contribution >= 0.6 is 22.7 Å². The van der Waals surface area contributed by atoms with E-state index < -0.39 is 0 Å². The molecular weight excluding hydrogens is 326 g/mol. The molecule has 23 heavy (non-hydrogen) atoms. The van der Waals surface area contributed by atoms with Crippen molar-refractivity contribution in [1.82, 2.24) is 4.90 Å². The van der Waals surface area contributed by atoms with Gasteiger partial charge >= 0.3 is 0 Å². The molecule has 0 bridgehead atoms. The van der Waals surface area contributed by atoms with Crippen LogP contribution in [-0.2, 0) is 6.54 Å². The van der Waals surface area contributed by atoms with Crippen LogP contribution in [0.4, 0.5) is 0 Å². The van der Waals surface area contributed by atoms with Crippen LogP contribution in [0.1, 0.15) is 34.3 Å². The van der Waals surface area contributed by atoms with E-state index in [1.165, 1.54) is 4.88 Å². The summed E-state index contributed by atoms with van der Waals surface area (Å²) < 4.78 is 0. The monoisotopic (exact) mass is 347 g/mol. The first-order valence-electron chi connectivity index (χ1n) is 7.87. The Morgan fingerprint density at radius 3 is 2.83 bits per heavy atom. The first-order chi connectivity index (χ1) is 11.3. The van der Waals surface area contributed by atoms with E-state index in [4.69, 9.17) is 5.11 Å². The molecule has 1 aliphatic rings. The van der Waals surface area contributed by atoms with Gasteiger partial charge in [-0.15, -0.1) is 22.7 Å². The molecule has 3 heterocycles. The number of hydrogen-bond donors (Lipinski definition) is 2. The Bertz CT molecular complexity index is 661. The molecule has 0 radical (unpaired) electrons. The number of piperidine rings is 1. The van der Waals surface area contributed by atoms with Crippen molar-refractivity contribution in [3.05, 3.63) is 44.3 Å². The van der Waals surface area contributed by atoms with E-state index in [1.807, 2.05) is 22.9 Å². The van der Waals surface area contributed by atoms with Gasteiger partial charge < -0.3 is 10.2 Å². The number of nitrogens with zero attached hydrogens (tertiary/aromatic N) is 1. The average molecular weight is 348 g/mol. The van der Waals surface area contributed by atoms with Gasteiger partial charge in [0, 0.05) is 27.2 Å². The van der Waals surface area contributed by atoms with Gasteiger partial charge in [0.05, 0.1) is 6.10 Å². The van der Waals surface area contributed by atoms with Gasteiger partial charge in [0.15, 0.2) is 0 Å². The summed E-state index contributed by atoms with van der Waals surface area (Å²) in [5.74, 6) is 6.01. The fourth-order valence-electron chi connectivity index (χ4n) is 3.01. The standard InChI is InChI=1S/C18H21NO2S2/c20-9-1-3-14-11-16(23-13-14)12-19-7-5-15(6-8-19)18(21)17-4-2-10-22-17/h2,4,10-11,13,15,18,20-21H,5-9,12H2. The number of aliphatic hydroxyl groups is 2. The van der Waals surface area contributed by atoms with Gasteiger partial charge in [-0.3, -0.25) is 4.90 Å². The third-order valence-corrected chi connectivity index (χ3v) is 6.12. The third-order valence-electron chi connectivity index (χ3n) is 4.26. The molecule has 1 atom stereocenters. The molecule has 3 rings (SSSR count). The molecule has 2 aromatic heterocycles. The largest absolute Gasteiger partial charge is 0.387 e. The molecule has 2 N–H and O–H groups in total. The molecule has 1 aliphatic heterocycles. The minimum Gasteiger partial charge on any atom is -0.387 e. The maximum Gasteiger partial charge on any atom is 0.104 e. The Morgan fingerprint density at radius 2 is 2.13 bits per heavy atom. The van der Waals surface area contributed by atoms with E-state index >= 15 is 0 Å². The second-order valence-electron chi connectivity index (χ2n) is 5.84. The van der Waals surface area contributed by atoms with Crippen molar-refractivity contribution in [2.45, 2.75) is 25.5 Å². The van der Waals surface area contributed by atoms with Crippen molar-refractivity contribution < 1.29 is 10.2 Å². The van der Waals surface area contributed by atoms with Crippen LogP contribution in [0.15, 0.2) is 29.0 Å². The van der Waals surface area contributed by atoms with Crippen LogP contribution in [0.25, 0.3) is 0 Å². The van der Waals surface area contributed by atoms with Crippen molar-refractivity contribution in [2.24, 2.45) is 5.92 Å². The highest BCUT2D eigenvalue weighted by Crippen LogP contribution is 2.33. The summed E-state index contributed by atoms with van der Waals surface area (Å²) in [6, 6.07) is 6.15. The van der Waals surface area contributed by atoms with Crippen LogP contribution in [0.2, 0.25) is 0 Å². The molecule has 0 aromatic carbocycles. The van der Waals surface area contributed by atoms with Gasteiger partial charge in [0.2, 0.25) is 0 Å². The SMILES string of the molecule is OCC#Cc1csc(CN2CCC(C(O)c3cccs3)CC2)c1. The molecule has 2 aromatic rings. The summed E-state index contributed by atoms with van der Waals surface area (Å²) in [7, 11) is 0. The molecule has 5 heteroatoms. The molecule has 0 amide bonds. The zero-order chi connectivity index (χ0) is 16.1. The molecule has 0 saturated carbocycles. The zero-order valence-electron chi connectivity index (χ0n) is 12.9. The van der Waals surface area contributed by atoms with Gasteiger partial charge in [-0.1, -0.05) is 17.9 Å². The van der Waals surface area contributed by atoms with Crippen molar-refractivity contribution in [3.63, 3.8) is 0 Å². The third kappa shape index (κ3) is 4.43. The minimum atomic E-state index is -0.306. The number of hydrogen-bond acceptors (Lipinski definition) is 5. The second-order valence-corrected chi connectivity index (χ2v) is 7.81. The van der Waals surface area contributed by atoms with Crippen molar-refractivity contribution in [3.8, 4) is 11.8 Å². The van der Waals surface area contributed by atoms with E-state index in [2.05, 4.69) is 22.8 Å².